The van der Waals surface area contributed by atoms with Crippen LogP contribution in [0.3, 0.4) is 0 Å². The number of aryl methyl sites for hydroxylation is 1. The highest BCUT2D eigenvalue weighted by molar-refractivity contribution is 5.85. The van der Waals surface area contributed by atoms with Crippen LogP contribution in [0.25, 0.3) is 0 Å². The van der Waals surface area contributed by atoms with Gasteiger partial charge < -0.3 is 5.32 Å². The number of fused-ring (bicyclic) bond motifs is 3. The van der Waals surface area contributed by atoms with Crippen LogP contribution >= 0.6 is 12.4 Å². The van der Waals surface area contributed by atoms with Crippen molar-refractivity contribution < 1.29 is 22.0 Å². The zero-order valence-corrected chi connectivity index (χ0v) is 17.5. The molecule has 30 heavy (non-hydrogen) atoms. The summed E-state index contributed by atoms with van der Waals surface area (Å²) in [4.78, 5) is 0. The smallest absolute Gasteiger partial charge is 0.313 e. The number of hydrogen-bond acceptors (Lipinski definition) is 1. The predicted molar refractivity (Wildman–Crippen MR) is 109 cm³/mol. The third-order valence-electron chi connectivity index (χ3n) is 6.71. The maximum absolute atomic E-state index is 14.5. The van der Waals surface area contributed by atoms with E-state index in [1.165, 1.54) is 24.3 Å². The Kier molecular flexibility index (Phi) is 6.23. The molecular weight excluding hydrogens is 421 g/mol. The molecule has 0 bridgehead atoms. The lowest BCUT2D eigenvalue weighted by Crippen LogP contribution is -2.56. The molecule has 0 spiro atoms. The Bertz CT molecular complexity index is 893. The molecule has 3 unspecified atom stereocenters. The fourth-order valence-corrected chi connectivity index (χ4v) is 5.07. The number of halogens is 6. The molecule has 3 atom stereocenters. The van der Waals surface area contributed by atoms with Crippen molar-refractivity contribution in [2.45, 2.75) is 62.3 Å². The Morgan fingerprint density at radius 1 is 1.07 bits per heavy atom. The molecule has 1 saturated heterocycles. The van der Waals surface area contributed by atoms with Gasteiger partial charge in [0.15, 0.2) is 0 Å². The molecule has 1 aliphatic carbocycles. The summed E-state index contributed by atoms with van der Waals surface area (Å²) >= 11 is 0. The van der Waals surface area contributed by atoms with Crippen molar-refractivity contribution in [1.82, 2.24) is 5.32 Å². The van der Waals surface area contributed by atoms with E-state index in [-0.39, 0.29) is 35.2 Å². The average Bonchev–Trinajstić information content (AvgIpc) is 2.68. The fraction of sp³-hybridized carbons (Fsp3) is 0.478. The van der Waals surface area contributed by atoms with Crippen LogP contribution in [0.5, 0.6) is 0 Å². The Morgan fingerprint density at radius 3 is 2.43 bits per heavy atom. The summed E-state index contributed by atoms with van der Waals surface area (Å²) in [6.07, 6.45) is -1.06. The molecule has 1 fully saturated rings. The molecule has 164 valence electrons. The van der Waals surface area contributed by atoms with Gasteiger partial charge in [0, 0.05) is 11.5 Å². The minimum atomic E-state index is -4.96. The van der Waals surface area contributed by atoms with Crippen LogP contribution in [0, 0.1) is 5.82 Å². The maximum Gasteiger partial charge on any atom is 0.426 e. The molecule has 2 aromatic rings. The summed E-state index contributed by atoms with van der Waals surface area (Å²) in [5.74, 6) is -0.298. The van der Waals surface area contributed by atoms with Crippen LogP contribution in [0.2, 0.25) is 0 Å². The van der Waals surface area contributed by atoms with Crippen molar-refractivity contribution in [1.29, 1.82) is 0 Å². The molecule has 7 heteroatoms. The van der Waals surface area contributed by atoms with E-state index < -0.39 is 11.8 Å². The highest BCUT2D eigenvalue weighted by atomic mass is 35.5. The molecule has 1 N–H and O–H groups in total. The average molecular weight is 446 g/mol. The van der Waals surface area contributed by atoms with Crippen LogP contribution in [-0.2, 0) is 23.9 Å². The van der Waals surface area contributed by atoms with E-state index in [1.54, 1.807) is 18.2 Å². The minimum Gasteiger partial charge on any atom is -0.313 e. The molecule has 1 heterocycles. The molecule has 0 radical (unpaired) electrons. The molecule has 1 aliphatic heterocycles. The van der Waals surface area contributed by atoms with Gasteiger partial charge in [0.25, 0.3) is 0 Å². The van der Waals surface area contributed by atoms with Crippen LogP contribution in [0.15, 0.2) is 42.5 Å². The first-order chi connectivity index (χ1) is 13.6. The van der Waals surface area contributed by atoms with E-state index >= 15 is 0 Å². The number of alkyl halides is 4. The van der Waals surface area contributed by atoms with E-state index in [9.17, 15) is 22.0 Å². The largest absolute Gasteiger partial charge is 0.426 e. The van der Waals surface area contributed by atoms with Crippen LogP contribution in [0.4, 0.5) is 22.0 Å². The quantitative estimate of drug-likeness (QED) is 0.557. The van der Waals surface area contributed by atoms with Gasteiger partial charge in [-0.15, -0.1) is 12.4 Å². The summed E-state index contributed by atoms with van der Waals surface area (Å²) in [5.41, 5.74) is -1.24. The Hall–Kier alpha value is -1.66. The summed E-state index contributed by atoms with van der Waals surface area (Å²) in [5, 5.41) is 3.58. The van der Waals surface area contributed by atoms with Gasteiger partial charge in [-0.3, -0.25) is 0 Å². The number of hydrogen-bond donors (Lipinski definition) is 1. The van der Waals surface area contributed by atoms with Crippen molar-refractivity contribution >= 4 is 12.4 Å². The van der Waals surface area contributed by atoms with Gasteiger partial charge >= 0.3 is 6.18 Å². The van der Waals surface area contributed by atoms with Gasteiger partial charge in [-0.1, -0.05) is 30.3 Å². The standard InChI is InChI=1S/C23H24F5N.ClH/c1-21(25,23(26,27)28)17-6-9-19-16(13-17)5-10-20-22(19,11-2-12-29-20)14-15-3-7-18(24)8-4-15;/h3-4,6-9,13,20,29H,2,5,10-12,14H2,1H3;1H. The second-order valence-corrected chi connectivity index (χ2v) is 8.48. The second-order valence-electron chi connectivity index (χ2n) is 8.48. The number of piperidine rings is 1. The predicted octanol–water partition coefficient (Wildman–Crippen LogP) is 6.17. The summed E-state index contributed by atoms with van der Waals surface area (Å²) in [6.45, 7) is 1.48. The van der Waals surface area contributed by atoms with Gasteiger partial charge in [0.2, 0.25) is 5.67 Å². The van der Waals surface area contributed by atoms with Crippen LogP contribution in [0.1, 0.15) is 48.4 Å². The van der Waals surface area contributed by atoms with Crippen molar-refractivity contribution in [3.8, 4) is 0 Å². The Morgan fingerprint density at radius 2 is 1.77 bits per heavy atom. The highest BCUT2D eigenvalue weighted by Crippen LogP contribution is 2.48. The lowest BCUT2D eigenvalue weighted by atomic mass is 9.60. The first-order valence-corrected chi connectivity index (χ1v) is 10.0. The Balaban J connectivity index is 0.00000256. The zero-order valence-electron chi connectivity index (χ0n) is 16.7. The normalized spacial score (nSPS) is 25.5. The summed E-state index contributed by atoms with van der Waals surface area (Å²) < 4.78 is 67.5. The van der Waals surface area contributed by atoms with Gasteiger partial charge in [0.1, 0.15) is 5.82 Å². The fourth-order valence-electron chi connectivity index (χ4n) is 5.07. The molecule has 0 saturated carbocycles. The lowest BCUT2D eigenvalue weighted by Gasteiger charge is -2.49. The lowest BCUT2D eigenvalue weighted by molar-refractivity contribution is -0.228. The molecule has 4 rings (SSSR count). The van der Waals surface area contributed by atoms with Crippen molar-refractivity contribution in [3.05, 3.63) is 70.5 Å². The Labute approximate surface area is 179 Å². The minimum absolute atomic E-state index is 0. The molecular formula is C23H25ClF5N. The monoisotopic (exact) mass is 445 g/mol. The molecule has 1 nitrogen and oxygen atoms in total. The molecule has 0 aromatic heterocycles. The third-order valence-corrected chi connectivity index (χ3v) is 6.71. The molecule has 2 aromatic carbocycles. The van der Waals surface area contributed by atoms with E-state index in [4.69, 9.17) is 0 Å². The van der Waals surface area contributed by atoms with Crippen molar-refractivity contribution in [2.75, 3.05) is 6.54 Å². The van der Waals surface area contributed by atoms with Gasteiger partial charge in [0.05, 0.1) is 0 Å². The number of benzene rings is 2. The molecule has 2 aliphatic rings. The number of nitrogens with one attached hydrogen (secondary N) is 1. The van der Waals surface area contributed by atoms with E-state index in [0.29, 0.717) is 19.8 Å². The summed E-state index contributed by atoms with van der Waals surface area (Å²) in [6, 6.07) is 11.0. The number of rotatable bonds is 3. The van der Waals surface area contributed by atoms with E-state index in [1.807, 2.05) is 0 Å². The van der Waals surface area contributed by atoms with Crippen molar-refractivity contribution in [2.24, 2.45) is 0 Å². The second kappa shape index (κ2) is 8.12. The third kappa shape index (κ3) is 3.84. The SMILES string of the molecule is CC(F)(c1ccc2c(c1)CCC1NCCCC21Cc1ccc(F)cc1)C(F)(F)F.Cl. The van der Waals surface area contributed by atoms with Crippen LogP contribution in [-0.4, -0.2) is 18.8 Å². The van der Waals surface area contributed by atoms with Gasteiger partial charge in [-0.05, 0) is 80.0 Å². The van der Waals surface area contributed by atoms with Gasteiger partial charge in [-0.25, -0.2) is 8.78 Å². The zero-order chi connectivity index (χ0) is 20.9. The first kappa shape index (κ1) is 23.0. The molecule has 0 amide bonds. The summed E-state index contributed by atoms with van der Waals surface area (Å²) in [7, 11) is 0. The first-order valence-electron chi connectivity index (χ1n) is 10.0. The van der Waals surface area contributed by atoms with E-state index in [2.05, 4.69) is 5.32 Å². The van der Waals surface area contributed by atoms with Crippen LogP contribution < -0.4 is 5.32 Å². The van der Waals surface area contributed by atoms with Gasteiger partial charge in [-0.2, -0.15) is 13.2 Å². The van der Waals surface area contributed by atoms with E-state index in [0.717, 1.165) is 42.5 Å². The van der Waals surface area contributed by atoms with Crippen molar-refractivity contribution in [3.63, 3.8) is 0 Å². The highest BCUT2D eigenvalue weighted by Gasteiger charge is 2.54. The topological polar surface area (TPSA) is 12.0 Å². The maximum atomic E-state index is 14.5.